The maximum absolute atomic E-state index is 4.81. The summed E-state index contributed by atoms with van der Waals surface area (Å²) in [6.45, 7) is 0. The second-order valence-electron chi connectivity index (χ2n) is 5.25. The molecule has 0 aromatic heterocycles. The van der Waals surface area contributed by atoms with Crippen LogP contribution >= 0.6 is 0 Å². The average molecular weight is 555 g/mol. The van der Waals surface area contributed by atoms with Crippen LogP contribution in [0.1, 0.15) is 0 Å². The quantitative estimate of drug-likeness (QED) is 0.193. The van der Waals surface area contributed by atoms with E-state index < -0.39 is 0 Å². The largest absolute Gasteiger partial charge is 4.00 e. The number of rotatable bonds is 0. The predicted octanol–water partition coefficient (Wildman–Crippen LogP) is 5.99. The van der Waals surface area contributed by atoms with Crippen molar-refractivity contribution < 1.29 is 0 Å². The predicted molar refractivity (Wildman–Crippen MR) is 134 cm³/mol. The van der Waals surface area contributed by atoms with Crippen LogP contribution in [0.2, 0.25) is 0 Å². The van der Waals surface area contributed by atoms with Crippen LogP contribution in [0.4, 0.5) is 0 Å². The Morgan fingerprint density at radius 2 is 0.414 bits per heavy atom. The Morgan fingerprint density at radius 1 is 0.276 bits per heavy atom. The van der Waals surface area contributed by atoms with E-state index in [9.17, 15) is 0 Å². The van der Waals surface area contributed by atoms with Crippen molar-refractivity contribution in [2.45, 2.75) is 19.6 Å². The van der Waals surface area contributed by atoms with Gasteiger partial charge in [0.15, 0.2) is 0 Å². The van der Waals surface area contributed by atoms with Gasteiger partial charge in [0.1, 0.15) is 0 Å². The van der Waals surface area contributed by atoms with E-state index in [2.05, 4.69) is 0 Å². The van der Waals surface area contributed by atoms with Gasteiger partial charge in [-0.25, -0.2) is 0 Å². The molecular formula is C24H20S4Sn. The summed E-state index contributed by atoms with van der Waals surface area (Å²) in [4.78, 5) is 3.62. The van der Waals surface area contributed by atoms with E-state index >= 15 is 0 Å². The Kier molecular flexibility index (Phi) is 17.7. The van der Waals surface area contributed by atoms with Crippen molar-refractivity contribution in [3.8, 4) is 0 Å². The van der Waals surface area contributed by atoms with Gasteiger partial charge < -0.3 is 50.5 Å². The Hall–Kier alpha value is -1.44. The molecule has 0 nitrogen and oxygen atoms in total. The summed E-state index contributed by atoms with van der Waals surface area (Å²) in [5.74, 6) is 0. The van der Waals surface area contributed by atoms with E-state index in [1.807, 2.05) is 121 Å². The Labute approximate surface area is 213 Å². The molecule has 5 heteroatoms. The first-order valence-electron chi connectivity index (χ1n) is 8.46. The molecule has 0 aliphatic rings. The molecule has 0 fully saturated rings. The van der Waals surface area contributed by atoms with E-state index in [0.29, 0.717) is 0 Å². The molecule has 4 aromatic rings. The zero-order valence-electron chi connectivity index (χ0n) is 15.7. The van der Waals surface area contributed by atoms with Gasteiger partial charge in [0.2, 0.25) is 0 Å². The molecule has 144 valence electrons. The van der Waals surface area contributed by atoms with Gasteiger partial charge in [-0.1, -0.05) is 121 Å². The second kappa shape index (κ2) is 18.6. The molecule has 29 heavy (non-hydrogen) atoms. The van der Waals surface area contributed by atoms with Gasteiger partial charge in [-0.3, -0.25) is 0 Å². The maximum Gasteiger partial charge on any atom is 4.00 e. The first-order chi connectivity index (χ1) is 13.6. The third-order valence-corrected chi connectivity index (χ3v) is 4.06. The summed E-state index contributed by atoms with van der Waals surface area (Å²) < 4.78 is 0. The van der Waals surface area contributed by atoms with Crippen LogP contribution in [-0.4, -0.2) is 23.9 Å². The van der Waals surface area contributed by atoms with Crippen molar-refractivity contribution in [1.29, 1.82) is 0 Å². The molecule has 0 amide bonds. The zero-order chi connectivity index (χ0) is 20.5. The third kappa shape index (κ3) is 17.2. The van der Waals surface area contributed by atoms with Crippen LogP contribution in [0.5, 0.6) is 0 Å². The Balaban J connectivity index is 0.000000356. The van der Waals surface area contributed by atoms with Crippen LogP contribution < -0.4 is 0 Å². The van der Waals surface area contributed by atoms with Crippen LogP contribution in [0.3, 0.4) is 0 Å². The molecule has 0 aliphatic heterocycles. The van der Waals surface area contributed by atoms with Gasteiger partial charge in [-0.15, -0.1) is 0 Å². The molecule has 0 saturated carbocycles. The van der Waals surface area contributed by atoms with E-state index in [4.69, 9.17) is 50.5 Å². The van der Waals surface area contributed by atoms with E-state index in [0.717, 1.165) is 19.6 Å². The van der Waals surface area contributed by atoms with Crippen molar-refractivity contribution in [3.63, 3.8) is 0 Å². The number of hydrogen-bond acceptors (Lipinski definition) is 4. The third-order valence-electron chi connectivity index (χ3n) is 2.97. The summed E-state index contributed by atoms with van der Waals surface area (Å²) in [5.41, 5.74) is 0. The van der Waals surface area contributed by atoms with Crippen LogP contribution in [0, 0.1) is 0 Å². The summed E-state index contributed by atoms with van der Waals surface area (Å²) in [7, 11) is 0. The van der Waals surface area contributed by atoms with E-state index in [-0.39, 0.29) is 23.9 Å². The molecule has 0 N–H and O–H groups in total. The Morgan fingerprint density at radius 3 is 0.483 bits per heavy atom. The first kappa shape index (κ1) is 27.6. The van der Waals surface area contributed by atoms with Gasteiger partial charge in [0.25, 0.3) is 0 Å². The SMILES string of the molecule is [S-]c1ccccc1.[S-]c1ccccc1.[S-]c1ccccc1.[S-]c1ccccc1.[Sn+4]. The minimum Gasteiger partial charge on any atom is -0.780 e. The monoisotopic (exact) mass is 556 g/mol. The summed E-state index contributed by atoms with van der Waals surface area (Å²) in [5, 5.41) is 0. The van der Waals surface area contributed by atoms with Crippen molar-refractivity contribution in [1.82, 2.24) is 0 Å². The molecule has 0 atom stereocenters. The van der Waals surface area contributed by atoms with Crippen LogP contribution in [-0.2, 0) is 50.5 Å². The molecular weight excluding hydrogens is 535 g/mol. The minimum atomic E-state index is 0. The molecule has 0 aliphatic carbocycles. The smallest absolute Gasteiger partial charge is 0.780 e. The zero-order valence-corrected chi connectivity index (χ0v) is 21.8. The minimum absolute atomic E-state index is 0. The molecule has 4 aromatic carbocycles. The molecule has 4 rings (SSSR count). The van der Waals surface area contributed by atoms with Crippen molar-refractivity contribution in [2.75, 3.05) is 0 Å². The van der Waals surface area contributed by atoms with E-state index in [1.54, 1.807) is 0 Å². The van der Waals surface area contributed by atoms with Gasteiger partial charge in [0, 0.05) is 0 Å². The van der Waals surface area contributed by atoms with Crippen molar-refractivity contribution in [3.05, 3.63) is 121 Å². The van der Waals surface area contributed by atoms with Gasteiger partial charge >= 0.3 is 23.9 Å². The first-order valence-corrected chi connectivity index (χ1v) is 10.1. The molecule has 0 unspecified atom stereocenters. The van der Waals surface area contributed by atoms with E-state index in [1.165, 1.54) is 0 Å². The van der Waals surface area contributed by atoms with Crippen LogP contribution in [0.25, 0.3) is 0 Å². The summed E-state index contributed by atoms with van der Waals surface area (Å²) in [6, 6.07) is 38.5. The van der Waals surface area contributed by atoms with Gasteiger partial charge in [-0.05, 0) is 0 Å². The Bertz CT molecular complexity index is 693. The fraction of sp³-hybridized carbons (Fsp3) is 0. The van der Waals surface area contributed by atoms with Gasteiger partial charge in [-0.2, -0.15) is 19.6 Å². The molecule has 0 heterocycles. The summed E-state index contributed by atoms with van der Waals surface area (Å²) >= 11 is 19.2. The fourth-order valence-corrected chi connectivity index (χ4v) is 2.31. The van der Waals surface area contributed by atoms with Crippen molar-refractivity contribution >= 4 is 74.4 Å². The number of benzene rings is 4. The topological polar surface area (TPSA) is 0 Å². The van der Waals surface area contributed by atoms with Gasteiger partial charge in [0.05, 0.1) is 0 Å². The molecule has 0 radical (unpaired) electrons. The second-order valence-corrected chi connectivity index (χ2v) is 7.14. The van der Waals surface area contributed by atoms with Crippen LogP contribution in [0.15, 0.2) is 141 Å². The molecule has 0 bridgehead atoms. The average Bonchev–Trinajstić information content (AvgIpc) is 2.72. The maximum atomic E-state index is 4.81. The summed E-state index contributed by atoms with van der Waals surface area (Å²) in [6.07, 6.45) is 0. The van der Waals surface area contributed by atoms with Crippen molar-refractivity contribution in [2.24, 2.45) is 0 Å². The molecule has 0 spiro atoms. The fourth-order valence-electron chi connectivity index (χ4n) is 1.68. The standard InChI is InChI=1S/4C6H6S.Sn/c4*7-6-4-2-1-3-5-6;/h4*1-5,7H;/q;;;;+4/p-4. The number of hydrogen-bond donors (Lipinski definition) is 0. The normalized spacial score (nSPS) is 8.28. The molecule has 0 saturated heterocycles.